The van der Waals surface area contributed by atoms with Crippen LogP contribution in [-0.4, -0.2) is 50.0 Å². The first-order valence-corrected chi connectivity index (χ1v) is 6.22. The quantitative estimate of drug-likeness (QED) is 0.741. The normalized spacial score (nSPS) is 15.3. The van der Waals surface area contributed by atoms with E-state index in [0.29, 0.717) is 19.7 Å². The lowest BCUT2D eigenvalue weighted by atomic mass is 10.1. The summed E-state index contributed by atoms with van der Waals surface area (Å²) in [6.07, 6.45) is -0.470. The summed E-state index contributed by atoms with van der Waals surface area (Å²) in [6, 6.07) is 2.24. The number of hydrogen-bond donors (Lipinski definition) is 2. The molecule has 0 spiro atoms. The Morgan fingerprint density at radius 3 is 2.88 bits per heavy atom. The summed E-state index contributed by atoms with van der Waals surface area (Å²) in [5.41, 5.74) is 6.97. The molecule has 4 nitrogen and oxygen atoms in total. The molecule has 2 atom stereocenters. The molecule has 0 bridgehead atoms. The van der Waals surface area contributed by atoms with Gasteiger partial charge < -0.3 is 15.6 Å². The number of ether oxygens (including phenoxy) is 1. The second kappa shape index (κ2) is 6.98. The molecule has 0 aliphatic carbocycles. The molecule has 1 aromatic rings. The van der Waals surface area contributed by atoms with Gasteiger partial charge in [0.05, 0.1) is 12.7 Å². The standard InChI is InChI=1S/C11H20N2O2S/c1-13(6-10(14)7-15-2)11(5-12)9-3-4-16-8-9/h3-4,8,10-11,14H,5-7,12H2,1-2H3. The molecule has 0 aromatic carbocycles. The Balaban J connectivity index is 2.53. The number of likely N-dealkylation sites (N-methyl/N-ethyl adjacent to an activating group) is 1. The average Bonchev–Trinajstić information content (AvgIpc) is 2.72. The van der Waals surface area contributed by atoms with Crippen molar-refractivity contribution >= 4 is 11.3 Å². The van der Waals surface area contributed by atoms with Gasteiger partial charge in [0.15, 0.2) is 0 Å². The van der Waals surface area contributed by atoms with E-state index >= 15 is 0 Å². The van der Waals surface area contributed by atoms with Crippen molar-refractivity contribution in [2.75, 3.05) is 33.9 Å². The highest BCUT2D eigenvalue weighted by Crippen LogP contribution is 2.20. The van der Waals surface area contributed by atoms with E-state index < -0.39 is 6.10 Å². The molecule has 2 unspecified atom stereocenters. The molecule has 0 aliphatic rings. The van der Waals surface area contributed by atoms with Crippen LogP contribution in [0.15, 0.2) is 16.8 Å². The molecular weight excluding hydrogens is 224 g/mol. The van der Waals surface area contributed by atoms with Crippen molar-refractivity contribution in [2.24, 2.45) is 5.73 Å². The van der Waals surface area contributed by atoms with Crippen LogP contribution in [-0.2, 0) is 4.74 Å². The topological polar surface area (TPSA) is 58.7 Å². The molecule has 1 aromatic heterocycles. The lowest BCUT2D eigenvalue weighted by molar-refractivity contribution is 0.0348. The van der Waals surface area contributed by atoms with Crippen molar-refractivity contribution in [3.8, 4) is 0 Å². The van der Waals surface area contributed by atoms with E-state index in [0.717, 1.165) is 0 Å². The van der Waals surface area contributed by atoms with E-state index in [1.807, 2.05) is 12.4 Å². The molecule has 0 radical (unpaired) electrons. The van der Waals surface area contributed by atoms with Crippen LogP contribution >= 0.6 is 11.3 Å². The highest BCUT2D eigenvalue weighted by molar-refractivity contribution is 7.07. The van der Waals surface area contributed by atoms with Crippen LogP contribution in [0, 0.1) is 0 Å². The minimum atomic E-state index is -0.470. The van der Waals surface area contributed by atoms with Crippen LogP contribution in [0.3, 0.4) is 0 Å². The Labute approximate surface area is 101 Å². The third kappa shape index (κ3) is 3.84. The number of methoxy groups -OCH3 is 1. The maximum Gasteiger partial charge on any atom is 0.0900 e. The van der Waals surface area contributed by atoms with Crippen LogP contribution in [0.25, 0.3) is 0 Å². The van der Waals surface area contributed by atoms with Crippen LogP contribution in [0.2, 0.25) is 0 Å². The molecule has 0 amide bonds. The van der Waals surface area contributed by atoms with Crippen molar-refractivity contribution < 1.29 is 9.84 Å². The van der Waals surface area contributed by atoms with Gasteiger partial charge in [0.25, 0.3) is 0 Å². The smallest absolute Gasteiger partial charge is 0.0900 e. The van der Waals surface area contributed by atoms with E-state index in [4.69, 9.17) is 10.5 Å². The monoisotopic (exact) mass is 244 g/mol. The Bertz CT molecular complexity index is 280. The number of nitrogens with zero attached hydrogens (tertiary/aromatic N) is 1. The van der Waals surface area contributed by atoms with E-state index in [1.54, 1.807) is 18.4 Å². The molecule has 1 heterocycles. The highest BCUT2D eigenvalue weighted by atomic mass is 32.1. The van der Waals surface area contributed by atoms with Crippen molar-refractivity contribution in [2.45, 2.75) is 12.1 Å². The first-order chi connectivity index (χ1) is 7.69. The second-order valence-corrected chi connectivity index (χ2v) is 4.64. The minimum absolute atomic E-state index is 0.165. The molecule has 3 N–H and O–H groups in total. The fourth-order valence-corrected chi connectivity index (χ4v) is 2.45. The number of nitrogens with two attached hydrogens (primary N) is 1. The molecular formula is C11H20N2O2S. The SMILES string of the molecule is COCC(O)CN(C)C(CN)c1ccsc1. The van der Waals surface area contributed by atoms with Gasteiger partial charge >= 0.3 is 0 Å². The first-order valence-electron chi connectivity index (χ1n) is 5.28. The van der Waals surface area contributed by atoms with Gasteiger partial charge in [-0.05, 0) is 29.4 Å². The van der Waals surface area contributed by atoms with Crippen molar-refractivity contribution in [1.29, 1.82) is 0 Å². The molecule has 0 saturated heterocycles. The van der Waals surface area contributed by atoms with E-state index in [2.05, 4.69) is 16.3 Å². The number of thiophene rings is 1. The molecule has 16 heavy (non-hydrogen) atoms. The van der Waals surface area contributed by atoms with Gasteiger partial charge in [-0.2, -0.15) is 11.3 Å². The van der Waals surface area contributed by atoms with Crippen LogP contribution < -0.4 is 5.73 Å². The average molecular weight is 244 g/mol. The molecule has 5 heteroatoms. The fourth-order valence-electron chi connectivity index (χ4n) is 1.74. The zero-order valence-corrected chi connectivity index (χ0v) is 10.6. The van der Waals surface area contributed by atoms with Gasteiger partial charge in [-0.1, -0.05) is 0 Å². The number of aliphatic hydroxyl groups is 1. The van der Waals surface area contributed by atoms with Crippen molar-refractivity contribution in [1.82, 2.24) is 4.90 Å². The summed E-state index contributed by atoms with van der Waals surface area (Å²) in [6.45, 7) is 1.46. The molecule has 0 saturated carbocycles. The van der Waals surface area contributed by atoms with E-state index in [9.17, 15) is 5.11 Å². The molecule has 92 valence electrons. The van der Waals surface area contributed by atoms with Crippen molar-refractivity contribution in [3.63, 3.8) is 0 Å². The number of aliphatic hydroxyl groups excluding tert-OH is 1. The third-order valence-corrected chi connectivity index (χ3v) is 3.24. The third-order valence-electron chi connectivity index (χ3n) is 2.54. The van der Waals surface area contributed by atoms with E-state index in [-0.39, 0.29) is 6.04 Å². The predicted molar refractivity (Wildman–Crippen MR) is 66.6 cm³/mol. The largest absolute Gasteiger partial charge is 0.389 e. The summed E-state index contributed by atoms with van der Waals surface area (Å²) >= 11 is 1.66. The number of rotatable bonds is 7. The number of hydrogen-bond acceptors (Lipinski definition) is 5. The lowest BCUT2D eigenvalue weighted by Gasteiger charge is -2.28. The van der Waals surface area contributed by atoms with Gasteiger partial charge in [-0.25, -0.2) is 0 Å². The minimum Gasteiger partial charge on any atom is -0.389 e. The summed E-state index contributed by atoms with van der Waals surface area (Å²) in [4.78, 5) is 2.06. The zero-order chi connectivity index (χ0) is 12.0. The first kappa shape index (κ1) is 13.6. The second-order valence-electron chi connectivity index (χ2n) is 3.86. The Morgan fingerprint density at radius 2 is 2.38 bits per heavy atom. The maximum absolute atomic E-state index is 9.66. The van der Waals surface area contributed by atoms with Crippen molar-refractivity contribution in [3.05, 3.63) is 22.4 Å². The molecule has 0 fully saturated rings. The van der Waals surface area contributed by atoms with Crippen LogP contribution in [0.4, 0.5) is 0 Å². The van der Waals surface area contributed by atoms with Gasteiger partial charge in [-0.15, -0.1) is 0 Å². The molecule has 1 rings (SSSR count). The fraction of sp³-hybridized carbons (Fsp3) is 0.636. The van der Waals surface area contributed by atoms with Gasteiger partial charge in [0, 0.05) is 26.2 Å². The summed E-state index contributed by atoms with van der Waals surface area (Å²) in [7, 11) is 3.55. The van der Waals surface area contributed by atoms with Gasteiger partial charge in [-0.3, -0.25) is 4.90 Å². The summed E-state index contributed by atoms with van der Waals surface area (Å²) in [5.74, 6) is 0. The maximum atomic E-state index is 9.66. The van der Waals surface area contributed by atoms with Gasteiger partial charge in [0.1, 0.15) is 0 Å². The summed E-state index contributed by atoms with van der Waals surface area (Å²) < 4.78 is 4.90. The Morgan fingerprint density at radius 1 is 1.62 bits per heavy atom. The summed E-state index contributed by atoms with van der Waals surface area (Å²) in [5, 5.41) is 13.8. The van der Waals surface area contributed by atoms with Crippen LogP contribution in [0.1, 0.15) is 11.6 Å². The highest BCUT2D eigenvalue weighted by Gasteiger charge is 2.18. The zero-order valence-electron chi connectivity index (χ0n) is 9.80. The molecule has 0 aliphatic heterocycles. The lowest BCUT2D eigenvalue weighted by Crippen LogP contribution is -2.37. The van der Waals surface area contributed by atoms with Crippen LogP contribution in [0.5, 0.6) is 0 Å². The van der Waals surface area contributed by atoms with Gasteiger partial charge in [0.2, 0.25) is 0 Å². The van der Waals surface area contributed by atoms with E-state index in [1.165, 1.54) is 5.56 Å². The Kier molecular flexibility index (Phi) is 5.94. The Hall–Kier alpha value is -0.460. The predicted octanol–water partition coefficient (Wildman–Crippen LogP) is 0.687.